The maximum atomic E-state index is 11.7. The highest BCUT2D eigenvalue weighted by Gasteiger charge is 2.09. The number of carbonyl (C=O) groups is 1. The van der Waals surface area contributed by atoms with Crippen LogP contribution in [0.25, 0.3) is 0 Å². The third kappa shape index (κ3) is 3.08. The molecule has 0 aromatic carbocycles. The number of hydrogen-bond donors (Lipinski definition) is 1. The lowest BCUT2D eigenvalue weighted by molar-refractivity contribution is 0.0658. The van der Waals surface area contributed by atoms with Crippen molar-refractivity contribution in [3.05, 3.63) is 28.3 Å². The fraction of sp³-hybridized carbons (Fsp3) is 0.333. The lowest BCUT2D eigenvalue weighted by Gasteiger charge is -2.02. The lowest BCUT2D eigenvalue weighted by Crippen LogP contribution is -2.11. The van der Waals surface area contributed by atoms with Gasteiger partial charge in [0.15, 0.2) is 0 Å². The highest BCUT2D eigenvalue weighted by molar-refractivity contribution is 5.84. The molecule has 0 unspecified atom stereocenters. The van der Waals surface area contributed by atoms with Crippen LogP contribution in [-0.2, 0) is 0 Å². The number of carboxylic acids is 1. The summed E-state index contributed by atoms with van der Waals surface area (Å²) in [5.74, 6) is -1.91. The third-order valence-electron chi connectivity index (χ3n) is 1.54. The summed E-state index contributed by atoms with van der Waals surface area (Å²) in [5, 5.41) is 8.49. The van der Waals surface area contributed by atoms with Crippen LogP contribution in [0.2, 0.25) is 0 Å². The van der Waals surface area contributed by atoms with Crippen molar-refractivity contribution in [2.24, 2.45) is 0 Å². The number of halogens is 1. The predicted molar refractivity (Wildman–Crippen MR) is 48.0 cm³/mol. The summed E-state index contributed by atoms with van der Waals surface area (Å²) >= 11 is 0. The van der Waals surface area contributed by atoms with Crippen LogP contribution >= 0.6 is 0 Å². The van der Waals surface area contributed by atoms with Gasteiger partial charge in [-0.1, -0.05) is 0 Å². The molecule has 82 valence electrons. The first-order valence-electron chi connectivity index (χ1n) is 4.20. The number of aromatic carboxylic acids is 1. The molecule has 0 radical (unpaired) electrons. The smallest absolute Gasteiger partial charge is 0.371 e. The van der Waals surface area contributed by atoms with Crippen molar-refractivity contribution in [3.63, 3.8) is 0 Å². The Balaban J connectivity index is 2.75. The highest BCUT2D eigenvalue weighted by Crippen LogP contribution is 2.06. The zero-order chi connectivity index (χ0) is 11.3. The van der Waals surface area contributed by atoms with E-state index in [0.717, 1.165) is 12.3 Å². The molecule has 0 atom stereocenters. The summed E-state index contributed by atoms with van der Waals surface area (Å²) < 4.78 is 21.2. The topological polar surface area (TPSA) is 76.7 Å². The Kier molecular flexibility index (Phi) is 3.84. The van der Waals surface area contributed by atoms with E-state index >= 15 is 0 Å². The minimum atomic E-state index is -1.33. The van der Waals surface area contributed by atoms with Crippen LogP contribution < -0.4 is 10.2 Å². The van der Waals surface area contributed by atoms with Gasteiger partial charge in [-0.05, 0) is 0 Å². The van der Waals surface area contributed by atoms with E-state index in [1.165, 1.54) is 0 Å². The molecule has 5 nitrogen and oxygen atoms in total. The van der Waals surface area contributed by atoms with Crippen LogP contribution in [0.1, 0.15) is 17.0 Å². The second-order valence-corrected chi connectivity index (χ2v) is 2.67. The molecule has 0 aliphatic carbocycles. The molecule has 1 aromatic heterocycles. The van der Waals surface area contributed by atoms with Gasteiger partial charge in [0.1, 0.15) is 6.26 Å². The monoisotopic (exact) mass is 216 g/mol. The lowest BCUT2D eigenvalue weighted by atomic mass is 10.4. The van der Waals surface area contributed by atoms with Crippen LogP contribution in [0, 0.1) is 0 Å². The van der Waals surface area contributed by atoms with Gasteiger partial charge in [-0.2, -0.15) is 0 Å². The second-order valence-electron chi connectivity index (χ2n) is 2.67. The van der Waals surface area contributed by atoms with Crippen molar-refractivity contribution in [1.29, 1.82) is 0 Å². The Morgan fingerprint density at radius 1 is 1.60 bits per heavy atom. The molecule has 1 rings (SSSR count). The van der Waals surface area contributed by atoms with Crippen molar-refractivity contribution < 1.29 is 23.4 Å². The van der Waals surface area contributed by atoms with Crippen molar-refractivity contribution >= 4 is 5.97 Å². The Morgan fingerprint density at radius 3 is 2.87 bits per heavy atom. The van der Waals surface area contributed by atoms with Crippen LogP contribution in [0.15, 0.2) is 21.5 Å². The normalized spacial score (nSPS) is 9.93. The van der Waals surface area contributed by atoms with Crippen LogP contribution in [0.3, 0.4) is 0 Å². The number of rotatable bonds is 5. The van der Waals surface area contributed by atoms with Crippen molar-refractivity contribution in [3.8, 4) is 5.75 Å². The third-order valence-corrected chi connectivity index (χ3v) is 1.54. The van der Waals surface area contributed by atoms with Gasteiger partial charge in [-0.15, -0.1) is 0 Å². The summed E-state index contributed by atoms with van der Waals surface area (Å²) in [6.45, 7) is -0.494. The fourth-order valence-corrected chi connectivity index (χ4v) is 0.853. The van der Waals surface area contributed by atoms with E-state index < -0.39 is 23.8 Å². The summed E-state index contributed by atoms with van der Waals surface area (Å²) in [4.78, 5) is 21.6. The number of alkyl halides is 1. The summed E-state index contributed by atoms with van der Waals surface area (Å²) in [7, 11) is 0. The van der Waals surface area contributed by atoms with Gasteiger partial charge in [0.05, 0.1) is 13.3 Å². The molecule has 0 saturated heterocycles. The minimum Gasteiger partial charge on any atom is -0.487 e. The van der Waals surface area contributed by atoms with Gasteiger partial charge in [-0.25, -0.2) is 4.79 Å². The zero-order valence-corrected chi connectivity index (χ0v) is 7.73. The molecule has 1 aromatic rings. The Labute approximate surface area is 84.1 Å². The Hall–Kier alpha value is -1.85. The Morgan fingerprint density at radius 2 is 2.33 bits per heavy atom. The van der Waals surface area contributed by atoms with Crippen LogP contribution in [-0.4, -0.2) is 24.4 Å². The summed E-state index contributed by atoms with van der Waals surface area (Å²) in [5.41, 5.74) is -0.600. The first-order chi connectivity index (χ1) is 7.15. The quantitative estimate of drug-likeness (QED) is 0.745. The Bertz CT molecular complexity index is 398. The standard InChI is InChI=1S/C9H9FO5/c10-2-1-3-14-8-5-15-7(9(12)13)4-6(8)11/h4-5H,1-3H2,(H,12,13). The molecule has 1 heterocycles. The zero-order valence-electron chi connectivity index (χ0n) is 7.73. The van der Waals surface area contributed by atoms with Crippen LogP contribution in [0.4, 0.5) is 4.39 Å². The maximum Gasteiger partial charge on any atom is 0.371 e. The van der Waals surface area contributed by atoms with Gasteiger partial charge in [-0.3, -0.25) is 9.18 Å². The average molecular weight is 216 g/mol. The van der Waals surface area contributed by atoms with Gasteiger partial charge >= 0.3 is 5.97 Å². The van der Waals surface area contributed by atoms with Gasteiger partial charge < -0.3 is 14.3 Å². The van der Waals surface area contributed by atoms with Gasteiger partial charge in [0.2, 0.25) is 16.9 Å². The second kappa shape index (κ2) is 5.14. The summed E-state index contributed by atoms with van der Waals surface area (Å²) in [6.07, 6.45) is 1.07. The fourth-order valence-electron chi connectivity index (χ4n) is 0.853. The van der Waals surface area contributed by atoms with Gasteiger partial charge in [0, 0.05) is 12.5 Å². The van der Waals surface area contributed by atoms with E-state index in [1.807, 2.05) is 0 Å². The SMILES string of the molecule is O=C(O)c1cc(=O)c(OCCCF)co1. The van der Waals surface area contributed by atoms with Crippen LogP contribution in [0.5, 0.6) is 5.75 Å². The van der Waals surface area contributed by atoms with E-state index in [1.54, 1.807) is 0 Å². The maximum absolute atomic E-state index is 11.7. The number of ether oxygens (including phenoxy) is 1. The molecule has 0 aliphatic heterocycles. The van der Waals surface area contributed by atoms with Crippen molar-refractivity contribution in [2.45, 2.75) is 6.42 Å². The van der Waals surface area contributed by atoms with E-state index in [-0.39, 0.29) is 18.8 Å². The average Bonchev–Trinajstić information content (AvgIpc) is 2.20. The molecular weight excluding hydrogens is 207 g/mol. The molecule has 6 heteroatoms. The molecule has 0 amide bonds. The van der Waals surface area contributed by atoms with E-state index in [0.29, 0.717) is 0 Å². The van der Waals surface area contributed by atoms with Gasteiger partial charge in [0.25, 0.3) is 0 Å². The van der Waals surface area contributed by atoms with E-state index in [4.69, 9.17) is 9.84 Å². The first kappa shape index (κ1) is 11.2. The largest absolute Gasteiger partial charge is 0.487 e. The number of hydrogen-bond acceptors (Lipinski definition) is 4. The molecule has 15 heavy (non-hydrogen) atoms. The first-order valence-corrected chi connectivity index (χ1v) is 4.20. The molecule has 0 saturated carbocycles. The van der Waals surface area contributed by atoms with E-state index in [9.17, 15) is 14.0 Å². The summed E-state index contributed by atoms with van der Waals surface area (Å²) in [6, 6.07) is 0.813. The molecular formula is C9H9FO5. The molecule has 0 aliphatic rings. The predicted octanol–water partition coefficient (Wildman–Crippen LogP) is 1.08. The highest BCUT2D eigenvalue weighted by atomic mass is 19.1. The molecule has 0 bridgehead atoms. The molecule has 1 N–H and O–H groups in total. The minimum absolute atomic E-state index is 0.0493. The molecule has 0 fully saturated rings. The van der Waals surface area contributed by atoms with E-state index in [2.05, 4.69) is 4.42 Å². The van der Waals surface area contributed by atoms with Crippen molar-refractivity contribution in [1.82, 2.24) is 0 Å². The molecule has 0 spiro atoms. The van der Waals surface area contributed by atoms with Crippen molar-refractivity contribution in [2.75, 3.05) is 13.3 Å². The number of carboxylic acid groups (broad SMARTS) is 1.